The minimum Gasteiger partial charge on any atom is -0.392 e. The van der Waals surface area contributed by atoms with E-state index in [-0.39, 0.29) is 6.10 Å². The third-order valence-electron chi connectivity index (χ3n) is 4.35. The zero-order chi connectivity index (χ0) is 12.1. The zero-order valence-corrected chi connectivity index (χ0v) is 11.1. The van der Waals surface area contributed by atoms with Gasteiger partial charge in [-0.25, -0.2) is 0 Å². The summed E-state index contributed by atoms with van der Waals surface area (Å²) in [6.45, 7) is 5.49. The molecule has 1 saturated heterocycles. The largest absolute Gasteiger partial charge is 0.392 e. The highest BCUT2D eigenvalue weighted by atomic mass is 16.5. The number of aliphatic hydroxyl groups excluding tert-OH is 1. The van der Waals surface area contributed by atoms with Gasteiger partial charge in [-0.2, -0.15) is 0 Å². The number of β-amino-alcohol motifs (C(OH)–C–C–N with tert-alkyl or cyclic N) is 1. The Hall–Kier alpha value is -0.120. The van der Waals surface area contributed by atoms with Gasteiger partial charge in [-0.05, 0) is 32.1 Å². The molecular weight excluding hydrogens is 214 g/mol. The quantitative estimate of drug-likeness (QED) is 0.748. The molecule has 0 aromatic carbocycles. The second-order valence-corrected chi connectivity index (χ2v) is 5.55. The monoisotopic (exact) mass is 241 g/mol. The van der Waals surface area contributed by atoms with Crippen LogP contribution >= 0.6 is 0 Å². The standard InChI is InChI=1S/C14H27NO2/c1-2-17-9-8-15-11-13(16)10-14(15)12-6-4-3-5-7-12/h12-14,16H,2-11H2,1H3. The second kappa shape index (κ2) is 6.72. The lowest BCUT2D eigenvalue weighted by Crippen LogP contribution is -2.38. The van der Waals surface area contributed by atoms with E-state index in [1.165, 1.54) is 32.1 Å². The third-order valence-corrected chi connectivity index (χ3v) is 4.35. The molecule has 0 aromatic rings. The number of hydrogen-bond donors (Lipinski definition) is 1. The van der Waals surface area contributed by atoms with Gasteiger partial charge in [-0.3, -0.25) is 4.90 Å². The average Bonchev–Trinajstić information content (AvgIpc) is 2.72. The fourth-order valence-corrected chi connectivity index (χ4v) is 3.50. The summed E-state index contributed by atoms with van der Waals surface area (Å²) < 4.78 is 5.44. The van der Waals surface area contributed by atoms with E-state index in [0.717, 1.165) is 38.6 Å². The Bertz CT molecular complexity index is 216. The molecule has 2 fully saturated rings. The molecule has 2 unspecified atom stereocenters. The first-order chi connectivity index (χ1) is 8.31. The topological polar surface area (TPSA) is 32.7 Å². The van der Waals surface area contributed by atoms with Gasteiger partial charge >= 0.3 is 0 Å². The van der Waals surface area contributed by atoms with E-state index in [1.807, 2.05) is 6.92 Å². The molecule has 17 heavy (non-hydrogen) atoms. The van der Waals surface area contributed by atoms with Crippen LogP contribution in [0.2, 0.25) is 0 Å². The van der Waals surface area contributed by atoms with Crippen LogP contribution in [0.5, 0.6) is 0 Å². The van der Waals surface area contributed by atoms with Crippen molar-refractivity contribution in [1.29, 1.82) is 0 Å². The Morgan fingerprint density at radius 2 is 2.00 bits per heavy atom. The molecule has 1 saturated carbocycles. The SMILES string of the molecule is CCOCCN1CC(O)CC1C1CCCCC1. The fraction of sp³-hybridized carbons (Fsp3) is 1.00. The Morgan fingerprint density at radius 1 is 1.24 bits per heavy atom. The molecule has 0 radical (unpaired) electrons. The van der Waals surface area contributed by atoms with Gasteiger partial charge < -0.3 is 9.84 Å². The summed E-state index contributed by atoms with van der Waals surface area (Å²) >= 11 is 0. The van der Waals surface area contributed by atoms with Crippen molar-refractivity contribution in [2.45, 2.75) is 57.6 Å². The van der Waals surface area contributed by atoms with E-state index >= 15 is 0 Å². The molecule has 2 rings (SSSR count). The van der Waals surface area contributed by atoms with Crippen LogP contribution in [-0.4, -0.2) is 48.5 Å². The molecule has 0 aromatic heterocycles. The summed E-state index contributed by atoms with van der Waals surface area (Å²) in [6, 6.07) is 0.616. The lowest BCUT2D eigenvalue weighted by molar-refractivity contribution is 0.0857. The van der Waals surface area contributed by atoms with E-state index in [2.05, 4.69) is 4.90 Å². The van der Waals surface area contributed by atoms with Crippen molar-refractivity contribution >= 4 is 0 Å². The van der Waals surface area contributed by atoms with Gasteiger partial charge in [0, 0.05) is 25.7 Å². The minimum absolute atomic E-state index is 0.108. The summed E-state index contributed by atoms with van der Waals surface area (Å²) in [7, 11) is 0. The van der Waals surface area contributed by atoms with Crippen LogP contribution in [0.3, 0.4) is 0 Å². The predicted octanol–water partition coefficient (Wildman–Crippen LogP) is 2.04. The van der Waals surface area contributed by atoms with E-state index < -0.39 is 0 Å². The molecule has 0 bridgehead atoms. The van der Waals surface area contributed by atoms with Crippen LogP contribution in [0.4, 0.5) is 0 Å². The Balaban J connectivity index is 1.84. The van der Waals surface area contributed by atoms with Crippen molar-refractivity contribution in [3.8, 4) is 0 Å². The predicted molar refractivity (Wildman–Crippen MR) is 69.1 cm³/mol. The summed E-state index contributed by atoms with van der Waals surface area (Å²) in [6.07, 6.45) is 7.78. The number of rotatable bonds is 5. The van der Waals surface area contributed by atoms with Crippen LogP contribution in [0.15, 0.2) is 0 Å². The molecular formula is C14H27NO2. The van der Waals surface area contributed by atoms with Crippen LogP contribution in [-0.2, 0) is 4.74 Å². The molecule has 2 aliphatic rings. The maximum Gasteiger partial charge on any atom is 0.0682 e. The highest BCUT2D eigenvalue weighted by Gasteiger charge is 2.36. The third kappa shape index (κ3) is 3.67. The summed E-state index contributed by atoms with van der Waals surface area (Å²) in [4.78, 5) is 2.47. The van der Waals surface area contributed by atoms with Crippen LogP contribution in [0, 0.1) is 5.92 Å². The molecule has 1 N–H and O–H groups in total. The Kier molecular flexibility index (Phi) is 5.26. The van der Waals surface area contributed by atoms with Gasteiger partial charge in [0.15, 0.2) is 0 Å². The van der Waals surface area contributed by atoms with Gasteiger partial charge in [-0.1, -0.05) is 19.3 Å². The van der Waals surface area contributed by atoms with Crippen molar-refractivity contribution in [3.05, 3.63) is 0 Å². The van der Waals surface area contributed by atoms with Gasteiger partial charge in [-0.15, -0.1) is 0 Å². The molecule has 1 aliphatic heterocycles. The van der Waals surface area contributed by atoms with Gasteiger partial charge in [0.05, 0.1) is 12.7 Å². The number of likely N-dealkylation sites (tertiary alicyclic amines) is 1. The Morgan fingerprint density at radius 3 is 2.71 bits per heavy atom. The number of nitrogens with zero attached hydrogens (tertiary/aromatic N) is 1. The minimum atomic E-state index is -0.108. The maximum atomic E-state index is 9.87. The molecule has 0 amide bonds. The summed E-state index contributed by atoms with van der Waals surface area (Å²) in [5.74, 6) is 0.822. The highest BCUT2D eigenvalue weighted by Crippen LogP contribution is 2.34. The first-order valence-electron chi connectivity index (χ1n) is 7.31. The molecule has 1 heterocycles. The van der Waals surface area contributed by atoms with E-state index in [0.29, 0.717) is 6.04 Å². The molecule has 1 aliphatic carbocycles. The van der Waals surface area contributed by atoms with Crippen LogP contribution < -0.4 is 0 Å². The van der Waals surface area contributed by atoms with Crippen molar-refractivity contribution in [1.82, 2.24) is 4.90 Å². The van der Waals surface area contributed by atoms with E-state index in [9.17, 15) is 5.11 Å². The first kappa shape index (κ1) is 13.3. The Labute approximate surface area is 105 Å². The van der Waals surface area contributed by atoms with Crippen LogP contribution in [0.1, 0.15) is 45.4 Å². The van der Waals surface area contributed by atoms with Crippen molar-refractivity contribution in [3.63, 3.8) is 0 Å². The van der Waals surface area contributed by atoms with Crippen LogP contribution in [0.25, 0.3) is 0 Å². The molecule has 0 spiro atoms. The number of hydrogen-bond acceptors (Lipinski definition) is 3. The summed E-state index contributed by atoms with van der Waals surface area (Å²) in [5.41, 5.74) is 0. The van der Waals surface area contributed by atoms with Crippen molar-refractivity contribution < 1.29 is 9.84 Å². The highest BCUT2D eigenvalue weighted by molar-refractivity contribution is 4.90. The van der Waals surface area contributed by atoms with E-state index in [1.54, 1.807) is 0 Å². The number of ether oxygens (including phenoxy) is 1. The summed E-state index contributed by atoms with van der Waals surface area (Å²) in [5, 5.41) is 9.87. The lowest BCUT2D eigenvalue weighted by atomic mass is 9.83. The second-order valence-electron chi connectivity index (χ2n) is 5.55. The van der Waals surface area contributed by atoms with Gasteiger partial charge in [0.25, 0.3) is 0 Å². The average molecular weight is 241 g/mol. The van der Waals surface area contributed by atoms with Gasteiger partial charge in [0.2, 0.25) is 0 Å². The normalized spacial score (nSPS) is 32.1. The molecule has 3 heteroatoms. The zero-order valence-electron chi connectivity index (χ0n) is 11.1. The maximum absolute atomic E-state index is 9.87. The van der Waals surface area contributed by atoms with Gasteiger partial charge in [0.1, 0.15) is 0 Å². The van der Waals surface area contributed by atoms with E-state index in [4.69, 9.17) is 4.74 Å². The van der Waals surface area contributed by atoms with Crippen molar-refractivity contribution in [2.75, 3.05) is 26.3 Å². The first-order valence-corrected chi connectivity index (χ1v) is 7.31. The number of aliphatic hydroxyl groups is 1. The lowest BCUT2D eigenvalue weighted by Gasteiger charge is -2.33. The smallest absolute Gasteiger partial charge is 0.0682 e. The molecule has 2 atom stereocenters. The fourth-order valence-electron chi connectivity index (χ4n) is 3.50. The van der Waals surface area contributed by atoms with Crippen molar-refractivity contribution in [2.24, 2.45) is 5.92 Å². The molecule has 100 valence electrons. The molecule has 3 nitrogen and oxygen atoms in total.